The molecular formula is C20H29N3O2S3. The van der Waals surface area contributed by atoms with Gasteiger partial charge in [-0.15, -0.1) is 23.5 Å². The predicted molar refractivity (Wildman–Crippen MR) is 123 cm³/mol. The van der Waals surface area contributed by atoms with Crippen LogP contribution in [0.15, 0.2) is 29.2 Å². The maximum atomic E-state index is 12.5. The molecule has 2 heterocycles. The molecule has 0 saturated carbocycles. The monoisotopic (exact) mass is 439 g/mol. The molecule has 2 fully saturated rings. The van der Waals surface area contributed by atoms with E-state index in [1.54, 1.807) is 25.8 Å². The fourth-order valence-electron chi connectivity index (χ4n) is 3.63. The fourth-order valence-corrected chi connectivity index (χ4v) is 6.77. The van der Waals surface area contributed by atoms with E-state index in [1.807, 2.05) is 30.0 Å². The number of carbonyl (C=O) groups is 1. The van der Waals surface area contributed by atoms with Crippen molar-refractivity contribution in [2.75, 3.05) is 58.4 Å². The van der Waals surface area contributed by atoms with E-state index in [4.69, 9.17) is 17.0 Å². The van der Waals surface area contributed by atoms with Gasteiger partial charge in [0.15, 0.2) is 5.78 Å². The number of piperazine rings is 1. The lowest BCUT2D eigenvalue weighted by Crippen LogP contribution is -2.57. The van der Waals surface area contributed by atoms with E-state index in [0.29, 0.717) is 0 Å². The summed E-state index contributed by atoms with van der Waals surface area (Å²) in [6.45, 7) is 6.34. The Labute approximate surface area is 182 Å². The summed E-state index contributed by atoms with van der Waals surface area (Å²) in [6.07, 6.45) is 0. The molecule has 0 aromatic heterocycles. The Bertz CT molecular complexity index is 695. The third-order valence-corrected chi connectivity index (χ3v) is 8.27. The second-order valence-corrected chi connectivity index (χ2v) is 9.94. The number of Topliss-reactive ketones (excluding diaryl/α,β-unsaturated/α-hetero) is 1. The highest BCUT2D eigenvalue weighted by Crippen LogP contribution is 2.35. The van der Waals surface area contributed by atoms with Crippen molar-refractivity contribution in [2.45, 2.75) is 23.2 Å². The zero-order valence-electron chi connectivity index (χ0n) is 16.8. The van der Waals surface area contributed by atoms with Crippen molar-refractivity contribution >= 4 is 46.5 Å². The molecule has 1 aromatic carbocycles. The van der Waals surface area contributed by atoms with E-state index in [1.165, 1.54) is 0 Å². The van der Waals surface area contributed by atoms with Gasteiger partial charge in [0.05, 0.1) is 12.5 Å². The molecule has 5 nitrogen and oxygen atoms in total. The zero-order chi connectivity index (χ0) is 20.1. The molecule has 0 amide bonds. The number of thiocarbonyl (C=S) groups is 1. The van der Waals surface area contributed by atoms with Crippen molar-refractivity contribution in [3.63, 3.8) is 0 Å². The molecular weight excluding hydrogens is 410 g/mol. The van der Waals surface area contributed by atoms with Gasteiger partial charge in [-0.3, -0.25) is 9.69 Å². The van der Waals surface area contributed by atoms with Crippen molar-refractivity contribution in [3.05, 3.63) is 24.3 Å². The van der Waals surface area contributed by atoms with Crippen molar-refractivity contribution in [2.24, 2.45) is 0 Å². The second-order valence-electron chi connectivity index (χ2n) is 7.17. The van der Waals surface area contributed by atoms with E-state index >= 15 is 0 Å². The highest BCUT2D eigenvalue weighted by Gasteiger charge is 2.36. The number of nitrogens with zero attached hydrogens (tertiary/aromatic N) is 3. The highest BCUT2D eigenvalue weighted by molar-refractivity contribution is 8.03. The van der Waals surface area contributed by atoms with Crippen LogP contribution in [0.2, 0.25) is 0 Å². The Morgan fingerprint density at radius 2 is 2.00 bits per heavy atom. The minimum absolute atomic E-state index is 0.155. The fraction of sp³-hybridized carbons (Fsp3) is 0.600. The Hall–Kier alpha value is -0.800. The number of thioether (sulfide) groups is 2. The molecule has 0 N–H and O–H groups in total. The first-order valence-corrected chi connectivity index (χ1v) is 12.1. The summed E-state index contributed by atoms with van der Waals surface area (Å²) in [6, 6.07) is 7.83. The van der Waals surface area contributed by atoms with E-state index in [9.17, 15) is 4.79 Å². The van der Waals surface area contributed by atoms with Crippen LogP contribution in [0.1, 0.15) is 6.92 Å². The molecule has 2 atom stereocenters. The van der Waals surface area contributed by atoms with Crippen LogP contribution in [0.25, 0.3) is 0 Å². The maximum absolute atomic E-state index is 12.5. The number of hydrogen-bond donors (Lipinski definition) is 0. The summed E-state index contributed by atoms with van der Waals surface area (Å²) in [5.41, 5.74) is 0. The van der Waals surface area contributed by atoms with E-state index < -0.39 is 0 Å². The largest absolute Gasteiger partial charge is 0.496 e. The van der Waals surface area contributed by atoms with Gasteiger partial charge in [0.2, 0.25) is 0 Å². The molecule has 3 rings (SSSR count). The summed E-state index contributed by atoms with van der Waals surface area (Å²) in [4.78, 5) is 21.3. The van der Waals surface area contributed by atoms with Crippen molar-refractivity contribution < 1.29 is 9.53 Å². The summed E-state index contributed by atoms with van der Waals surface area (Å²) >= 11 is 9.60. The van der Waals surface area contributed by atoms with Gasteiger partial charge < -0.3 is 14.5 Å². The summed E-state index contributed by atoms with van der Waals surface area (Å²) in [5, 5.41) is 0.289. The lowest BCUT2D eigenvalue weighted by atomic mass is 10.1. The molecule has 2 unspecified atom stereocenters. The maximum Gasteiger partial charge on any atom is 0.153 e. The van der Waals surface area contributed by atoms with Gasteiger partial charge in [0.1, 0.15) is 16.8 Å². The van der Waals surface area contributed by atoms with Crippen LogP contribution < -0.4 is 4.74 Å². The Morgan fingerprint density at radius 1 is 1.29 bits per heavy atom. The van der Waals surface area contributed by atoms with Crippen LogP contribution >= 0.6 is 35.7 Å². The molecule has 2 saturated heterocycles. The first-order chi connectivity index (χ1) is 13.5. The summed E-state index contributed by atoms with van der Waals surface area (Å²) < 4.78 is 5.47. The van der Waals surface area contributed by atoms with E-state index in [2.05, 4.69) is 27.8 Å². The number of methoxy groups -OCH3 is 1. The molecule has 2 aliphatic rings. The van der Waals surface area contributed by atoms with Crippen LogP contribution in [0.3, 0.4) is 0 Å². The Morgan fingerprint density at radius 3 is 2.68 bits per heavy atom. The van der Waals surface area contributed by atoms with Gasteiger partial charge in [0, 0.05) is 49.1 Å². The molecule has 28 heavy (non-hydrogen) atoms. The van der Waals surface area contributed by atoms with Crippen LogP contribution in [0.4, 0.5) is 0 Å². The van der Waals surface area contributed by atoms with Gasteiger partial charge in [-0.05, 0) is 26.1 Å². The van der Waals surface area contributed by atoms with Crippen LogP contribution in [0.5, 0.6) is 5.75 Å². The van der Waals surface area contributed by atoms with Crippen molar-refractivity contribution in [3.8, 4) is 5.75 Å². The van der Waals surface area contributed by atoms with E-state index in [0.717, 1.165) is 59.9 Å². The number of hydrogen-bond acceptors (Lipinski definition) is 7. The van der Waals surface area contributed by atoms with Crippen LogP contribution in [0, 0.1) is 0 Å². The zero-order valence-corrected chi connectivity index (χ0v) is 19.2. The second kappa shape index (κ2) is 10.3. The smallest absolute Gasteiger partial charge is 0.153 e. The number of para-hydroxylation sites is 1. The molecule has 8 heteroatoms. The number of likely N-dealkylation sites (N-methyl/N-ethyl adjacent to an activating group) is 1. The number of rotatable bonds is 7. The molecule has 0 bridgehead atoms. The molecule has 0 spiro atoms. The minimum Gasteiger partial charge on any atom is -0.496 e. The minimum atomic E-state index is -0.277. The lowest BCUT2D eigenvalue weighted by molar-refractivity contribution is -0.120. The normalized spacial score (nSPS) is 22.2. The topological polar surface area (TPSA) is 36.0 Å². The third-order valence-electron chi connectivity index (χ3n) is 5.25. The molecule has 2 aliphatic heterocycles. The Balaban J connectivity index is 1.66. The lowest BCUT2D eigenvalue weighted by Gasteiger charge is -2.40. The third kappa shape index (κ3) is 5.21. The molecule has 0 radical (unpaired) electrons. The first kappa shape index (κ1) is 21.9. The average Bonchev–Trinajstić information content (AvgIpc) is 3.16. The van der Waals surface area contributed by atoms with Gasteiger partial charge >= 0.3 is 0 Å². The molecule has 1 aromatic rings. The average molecular weight is 440 g/mol. The number of benzene rings is 1. The quantitative estimate of drug-likeness (QED) is 0.474. The van der Waals surface area contributed by atoms with Gasteiger partial charge in [-0.2, -0.15) is 0 Å². The number of carbonyl (C=O) groups excluding carboxylic acids is 1. The number of ether oxygens (including phenoxy) is 1. The molecule has 0 aliphatic carbocycles. The standard InChI is InChI=1S/C20H29N3O2S3/c1-15(24)19(22-10-8-21(2)9-11-22)20(26)23-12-13-27-18(23)14-28-17-7-5-4-6-16(17)25-3/h4-7,18-19H,8-14H2,1-3H3. The summed E-state index contributed by atoms with van der Waals surface area (Å²) in [7, 11) is 3.83. The van der Waals surface area contributed by atoms with Crippen LogP contribution in [-0.4, -0.2) is 95.3 Å². The van der Waals surface area contributed by atoms with E-state index in [-0.39, 0.29) is 17.2 Å². The molecule has 154 valence electrons. The predicted octanol–water partition coefficient (Wildman–Crippen LogP) is 2.69. The van der Waals surface area contributed by atoms with Gasteiger partial charge in [0.25, 0.3) is 0 Å². The summed E-state index contributed by atoms with van der Waals surface area (Å²) in [5.74, 6) is 3.02. The SMILES string of the molecule is COc1ccccc1SCC1SCCN1C(=S)C(C(C)=O)N1CCN(C)CC1. The van der Waals surface area contributed by atoms with Crippen LogP contribution in [-0.2, 0) is 4.79 Å². The Kier molecular flexibility index (Phi) is 8.05. The first-order valence-electron chi connectivity index (χ1n) is 9.62. The van der Waals surface area contributed by atoms with Gasteiger partial charge in [-0.1, -0.05) is 24.4 Å². The van der Waals surface area contributed by atoms with Gasteiger partial charge in [-0.25, -0.2) is 0 Å². The van der Waals surface area contributed by atoms with Crippen molar-refractivity contribution in [1.82, 2.24) is 14.7 Å². The number of ketones is 1. The highest BCUT2D eigenvalue weighted by atomic mass is 32.2. The van der Waals surface area contributed by atoms with Crippen molar-refractivity contribution in [1.29, 1.82) is 0 Å².